The standard InChI is InChI=1S/C7H15NS/c8-7-3-1-6(5-9)2-4-7/h6-7,9H,1-5,8H2/t6-,7-. The molecule has 0 bridgehead atoms. The zero-order chi connectivity index (χ0) is 6.69. The highest BCUT2D eigenvalue weighted by atomic mass is 32.1. The molecule has 1 aliphatic carbocycles. The van der Waals surface area contributed by atoms with Crippen molar-refractivity contribution in [2.75, 3.05) is 5.75 Å². The van der Waals surface area contributed by atoms with Crippen LogP contribution in [0, 0.1) is 5.92 Å². The Balaban J connectivity index is 2.18. The molecular formula is C7H15NS. The van der Waals surface area contributed by atoms with E-state index in [1.807, 2.05) is 0 Å². The highest BCUT2D eigenvalue weighted by Gasteiger charge is 2.16. The largest absolute Gasteiger partial charge is 0.328 e. The van der Waals surface area contributed by atoms with Gasteiger partial charge in [-0.05, 0) is 37.4 Å². The van der Waals surface area contributed by atoms with E-state index in [0.717, 1.165) is 11.7 Å². The first-order chi connectivity index (χ1) is 4.33. The molecule has 0 heterocycles. The second kappa shape index (κ2) is 3.47. The number of hydrogen-bond acceptors (Lipinski definition) is 2. The zero-order valence-corrected chi connectivity index (χ0v) is 6.61. The van der Waals surface area contributed by atoms with Crippen LogP contribution >= 0.6 is 12.6 Å². The molecule has 1 saturated carbocycles. The van der Waals surface area contributed by atoms with Gasteiger partial charge in [-0.15, -0.1) is 0 Å². The van der Waals surface area contributed by atoms with E-state index in [1.54, 1.807) is 0 Å². The Bertz CT molecular complexity index is 77.0. The van der Waals surface area contributed by atoms with Gasteiger partial charge in [-0.3, -0.25) is 0 Å². The summed E-state index contributed by atoms with van der Waals surface area (Å²) in [7, 11) is 0. The highest BCUT2D eigenvalue weighted by Crippen LogP contribution is 2.23. The van der Waals surface area contributed by atoms with Crippen LogP contribution in [0.4, 0.5) is 0 Å². The number of hydrogen-bond donors (Lipinski definition) is 2. The third-order valence-electron chi connectivity index (χ3n) is 2.15. The van der Waals surface area contributed by atoms with Crippen LogP contribution in [0.3, 0.4) is 0 Å². The maximum absolute atomic E-state index is 5.73. The molecule has 2 N–H and O–H groups in total. The van der Waals surface area contributed by atoms with Gasteiger partial charge in [-0.25, -0.2) is 0 Å². The summed E-state index contributed by atoms with van der Waals surface area (Å²) in [5.41, 5.74) is 5.73. The fourth-order valence-corrected chi connectivity index (χ4v) is 1.74. The molecule has 0 unspecified atom stereocenters. The molecular weight excluding hydrogens is 130 g/mol. The molecule has 1 aliphatic rings. The average molecular weight is 145 g/mol. The van der Waals surface area contributed by atoms with Crippen LogP contribution in [0.15, 0.2) is 0 Å². The molecule has 2 heteroatoms. The molecule has 9 heavy (non-hydrogen) atoms. The van der Waals surface area contributed by atoms with Crippen molar-refractivity contribution in [2.24, 2.45) is 11.7 Å². The molecule has 0 aromatic rings. The summed E-state index contributed by atoms with van der Waals surface area (Å²) < 4.78 is 0. The lowest BCUT2D eigenvalue weighted by Crippen LogP contribution is -2.26. The quantitative estimate of drug-likeness (QED) is 0.536. The molecule has 0 radical (unpaired) electrons. The van der Waals surface area contributed by atoms with E-state index in [0.29, 0.717) is 6.04 Å². The van der Waals surface area contributed by atoms with E-state index in [9.17, 15) is 0 Å². The molecule has 0 aliphatic heterocycles. The topological polar surface area (TPSA) is 26.0 Å². The second-order valence-corrected chi connectivity index (χ2v) is 3.33. The number of nitrogens with two attached hydrogens (primary N) is 1. The molecule has 1 fully saturated rings. The third kappa shape index (κ3) is 2.18. The van der Waals surface area contributed by atoms with Gasteiger partial charge in [0.25, 0.3) is 0 Å². The molecule has 1 nitrogen and oxygen atoms in total. The van der Waals surface area contributed by atoms with Crippen LogP contribution in [-0.4, -0.2) is 11.8 Å². The van der Waals surface area contributed by atoms with Gasteiger partial charge in [0.1, 0.15) is 0 Å². The van der Waals surface area contributed by atoms with Crippen molar-refractivity contribution in [3.63, 3.8) is 0 Å². The Morgan fingerprint density at radius 2 is 1.78 bits per heavy atom. The van der Waals surface area contributed by atoms with Gasteiger partial charge in [0, 0.05) is 6.04 Å². The fraction of sp³-hybridized carbons (Fsp3) is 1.00. The molecule has 0 atom stereocenters. The Labute approximate surface area is 62.4 Å². The van der Waals surface area contributed by atoms with Crippen LogP contribution in [0.5, 0.6) is 0 Å². The van der Waals surface area contributed by atoms with E-state index in [2.05, 4.69) is 12.6 Å². The Morgan fingerprint density at radius 1 is 1.22 bits per heavy atom. The van der Waals surface area contributed by atoms with Gasteiger partial charge < -0.3 is 5.73 Å². The van der Waals surface area contributed by atoms with Gasteiger partial charge in [-0.2, -0.15) is 12.6 Å². The number of thiol groups is 1. The smallest absolute Gasteiger partial charge is 0.00390 e. The highest BCUT2D eigenvalue weighted by molar-refractivity contribution is 7.80. The van der Waals surface area contributed by atoms with Crippen molar-refractivity contribution >= 4 is 12.6 Å². The summed E-state index contributed by atoms with van der Waals surface area (Å²) in [5.74, 6) is 1.90. The molecule has 0 saturated heterocycles. The van der Waals surface area contributed by atoms with Crippen molar-refractivity contribution in [1.82, 2.24) is 0 Å². The van der Waals surface area contributed by atoms with Crippen molar-refractivity contribution in [3.8, 4) is 0 Å². The summed E-state index contributed by atoms with van der Waals surface area (Å²) >= 11 is 4.25. The van der Waals surface area contributed by atoms with Crippen LogP contribution in [0.2, 0.25) is 0 Å². The molecule has 0 amide bonds. The van der Waals surface area contributed by atoms with Crippen molar-refractivity contribution < 1.29 is 0 Å². The minimum Gasteiger partial charge on any atom is -0.328 e. The molecule has 0 aromatic carbocycles. The van der Waals surface area contributed by atoms with E-state index in [-0.39, 0.29) is 0 Å². The lowest BCUT2D eigenvalue weighted by atomic mass is 9.88. The predicted molar refractivity (Wildman–Crippen MR) is 43.8 cm³/mol. The minimum atomic E-state index is 0.487. The first-order valence-corrected chi connectivity index (χ1v) is 4.32. The van der Waals surface area contributed by atoms with Crippen molar-refractivity contribution in [1.29, 1.82) is 0 Å². The van der Waals surface area contributed by atoms with Crippen LogP contribution in [0.25, 0.3) is 0 Å². The lowest BCUT2D eigenvalue weighted by molar-refractivity contribution is 0.353. The van der Waals surface area contributed by atoms with E-state index >= 15 is 0 Å². The Kier molecular flexibility index (Phi) is 2.86. The van der Waals surface area contributed by atoms with Crippen LogP contribution in [0.1, 0.15) is 25.7 Å². The number of rotatable bonds is 1. The normalized spacial score (nSPS) is 36.7. The molecule has 1 rings (SSSR count). The third-order valence-corrected chi connectivity index (χ3v) is 2.67. The van der Waals surface area contributed by atoms with Gasteiger partial charge >= 0.3 is 0 Å². The summed E-state index contributed by atoms with van der Waals surface area (Å²) in [6, 6.07) is 0.487. The first-order valence-electron chi connectivity index (χ1n) is 3.69. The summed E-state index contributed by atoms with van der Waals surface area (Å²) in [6.45, 7) is 0. The molecule has 54 valence electrons. The summed E-state index contributed by atoms with van der Waals surface area (Å²) in [6.07, 6.45) is 5.02. The summed E-state index contributed by atoms with van der Waals surface area (Å²) in [5, 5.41) is 0. The van der Waals surface area contributed by atoms with E-state index in [4.69, 9.17) is 5.73 Å². The first kappa shape index (κ1) is 7.42. The molecule has 0 aromatic heterocycles. The minimum absolute atomic E-state index is 0.487. The Hall–Kier alpha value is 0.310. The Morgan fingerprint density at radius 3 is 2.22 bits per heavy atom. The second-order valence-electron chi connectivity index (χ2n) is 2.96. The average Bonchev–Trinajstić information content (AvgIpc) is 1.90. The van der Waals surface area contributed by atoms with Gasteiger partial charge in [0.05, 0.1) is 0 Å². The fourth-order valence-electron chi connectivity index (χ4n) is 1.37. The zero-order valence-electron chi connectivity index (χ0n) is 5.71. The van der Waals surface area contributed by atoms with E-state index < -0.39 is 0 Å². The molecule has 0 spiro atoms. The van der Waals surface area contributed by atoms with Crippen LogP contribution in [-0.2, 0) is 0 Å². The van der Waals surface area contributed by atoms with Crippen molar-refractivity contribution in [2.45, 2.75) is 31.7 Å². The monoisotopic (exact) mass is 145 g/mol. The van der Waals surface area contributed by atoms with E-state index in [1.165, 1.54) is 25.7 Å². The van der Waals surface area contributed by atoms with Crippen molar-refractivity contribution in [3.05, 3.63) is 0 Å². The van der Waals surface area contributed by atoms with Crippen LogP contribution < -0.4 is 5.73 Å². The predicted octanol–water partition coefficient (Wildman–Crippen LogP) is 1.43. The SMILES string of the molecule is N[C@H]1CC[C@H](CS)CC1. The van der Waals surface area contributed by atoms with Gasteiger partial charge in [0.2, 0.25) is 0 Å². The summed E-state index contributed by atoms with van der Waals surface area (Å²) in [4.78, 5) is 0. The van der Waals surface area contributed by atoms with Gasteiger partial charge in [-0.1, -0.05) is 0 Å². The maximum Gasteiger partial charge on any atom is 0.00390 e. The lowest BCUT2D eigenvalue weighted by Gasteiger charge is -2.24. The maximum atomic E-state index is 5.73. The van der Waals surface area contributed by atoms with Gasteiger partial charge in [0.15, 0.2) is 0 Å².